The number of nitrogens with zero attached hydrogens (tertiary/aromatic N) is 1. The molecule has 1 amide bonds. The third kappa shape index (κ3) is 1.39. The largest absolute Gasteiger partial charge is 0.309 e. The molecule has 1 atom stereocenters. The van der Waals surface area contributed by atoms with Crippen LogP contribution in [-0.2, 0) is 9.59 Å². The number of carbonyl (C=O) groups is 2. The van der Waals surface area contributed by atoms with E-state index in [9.17, 15) is 9.59 Å². The number of fused-ring (bicyclic) bond motifs is 1. The molecule has 1 aliphatic carbocycles. The van der Waals surface area contributed by atoms with Crippen molar-refractivity contribution in [2.45, 2.75) is 20.3 Å². The van der Waals surface area contributed by atoms with Crippen molar-refractivity contribution in [1.82, 2.24) is 4.90 Å². The minimum absolute atomic E-state index is 0.237. The van der Waals surface area contributed by atoms with Crippen LogP contribution >= 0.6 is 15.9 Å². The lowest BCUT2D eigenvalue weighted by molar-refractivity contribution is -0.140. The summed E-state index contributed by atoms with van der Waals surface area (Å²) in [5.41, 5.74) is 1.90. The summed E-state index contributed by atoms with van der Waals surface area (Å²) in [6.07, 6.45) is 2.60. The number of rotatable bonds is 1. The van der Waals surface area contributed by atoms with Gasteiger partial charge in [-0.1, -0.05) is 22.0 Å². The summed E-state index contributed by atoms with van der Waals surface area (Å²) in [5.74, 6) is -0.853. The van der Waals surface area contributed by atoms with Gasteiger partial charge in [-0.25, -0.2) is 0 Å². The van der Waals surface area contributed by atoms with Crippen LogP contribution in [0.2, 0.25) is 0 Å². The maximum Gasteiger partial charge on any atom is 0.294 e. The average Bonchev–Trinajstić information content (AvgIpc) is 2.47. The Hall–Kier alpha value is -0.900. The Morgan fingerprint density at radius 3 is 2.80 bits per heavy atom. The average molecular weight is 270 g/mol. The van der Waals surface area contributed by atoms with E-state index < -0.39 is 0 Å². The van der Waals surface area contributed by atoms with Crippen LogP contribution in [0.15, 0.2) is 21.8 Å². The smallest absolute Gasteiger partial charge is 0.294 e. The molecule has 0 aromatic heterocycles. The van der Waals surface area contributed by atoms with Crippen LogP contribution in [0.25, 0.3) is 0 Å². The normalized spacial score (nSPS) is 25.9. The molecule has 2 aliphatic rings. The first-order valence-electron chi connectivity index (χ1n) is 5.00. The zero-order chi connectivity index (χ0) is 11.2. The lowest BCUT2D eigenvalue weighted by Crippen LogP contribution is -2.26. The lowest BCUT2D eigenvalue weighted by Gasteiger charge is -2.23. The fourth-order valence-electron chi connectivity index (χ4n) is 2.20. The van der Waals surface area contributed by atoms with E-state index in [1.165, 1.54) is 0 Å². The molecule has 80 valence electrons. The number of carbonyl (C=O) groups excluding carboxylic acids is 2. The first-order valence-corrected chi connectivity index (χ1v) is 5.79. The van der Waals surface area contributed by atoms with Crippen molar-refractivity contribution in [2.75, 3.05) is 6.54 Å². The van der Waals surface area contributed by atoms with Crippen LogP contribution in [0, 0.1) is 5.92 Å². The molecule has 0 N–H and O–H groups in total. The van der Waals surface area contributed by atoms with Crippen molar-refractivity contribution in [3.8, 4) is 0 Å². The first kappa shape index (κ1) is 10.6. The third-order valence-corrected chi connectivity index (χ3v) is 3.90. The highest BCUT2D eigenvalue weighted by Gasteiger charge is 2.44. The molecular weight excluding hydrogens is 258 g/mol. The Balaban J connectivity index is 2.53. The van der Waals surface area contributed by atoms with Gasteiger partial charge in [-0.05, 0) is 25.8 Å². The van der Waals surface area contributed by atoms with Gasteiger partial charge in [-0.2, -0.15) is 0 Å². The summed E-state index contributed by atoms with van der Waals surface area (Å²) in [6.45, 7) is 4.39. The predicted octanol–water partition coefficient (Wildman–Crippen LogP) is 1.99. The molecule has 3 nitrogen and oxygen atoms in total. The molecule has 1 aliphatic heterocycles. The summed E-state index contributed by atoms with van der Waals surface area (Å²) in [4.78, 5) is 24.9. The Kier molecular flexibility index (Phi) is 2.54. The van der Waals surface area contributed by atoms with Crippen LogP contribution in [0.3, 0.4) is 0 Å². The molecule has 15 heavy (non-hydrogen) atoms. The topological polar surface area (TPSA) is 37.4 Å². The summed E-state index contributed by atoms with van der Waals surface area (Å²) >= 11 is 3.44. The van der Waals surface area contributed by atoms with Gasteiger partial charge >= 0.3 is 0 Å². The summed E-state index contributed by atoms with van der Waals surface area (Å²) in [7, 11) is 0. The van der Waals surface area contributed by atoms with E-state index in [-0.39, 0.29) is 17.6 Å². The number of likely N-dealkylation sites (tertiary alicyclic amines) is 1. The molecule has 0 spiro atoms. The van der Waals surface area contributed by atoms with Crippen molar-refractivity contribution in [2.24, 2.45) is 5.92 Å². The molecule has 1 fully saturated rings. The fourth-order valence-corrected chi connectivity index (χ4v) is 2.59. The van der Waals surface area contributed by atoms with Gasteiger partial charge in [-0.15, -0.1) is 0 Å². The first-order chi connectivity index (χ1) is 7.07. The molecular formula is C11H12BrNO2. The Morgan fingerprint density at radius 1 is 1.53 bits per heavy atom. The fraction of sp³-hybridized carbons (Fsp3) is 0.455. The van der Waals surface area contributed by atoms with E-state index in [1.54, 1.807) is 4.90 Å². The van der Waals surface area contributed by atoms with E-state index in [2.05, 4.69) is 15.9 Å². The highest BCUT2D eigenvalue weighted by atomic mass is 79.9. The maximum absolute atomic E-state index is 11.7. The van der Waals surface area contributed by atoms with Crippen LogP contribution in [0.1, 0.15) is 20.3 Å². The summed E-state index contributed by atoms with van der Waals surface area (Å²) in [6, 6.07) is 0. The number of likely N-dealkylation sites (N-methyl/N-ethyl adjacent to an activating group) is 1. The van der Waals surface area contributed by atoms with Crippen LogP contribution in [0.5, 0.6) is 0 Å². The van der Waals surface area contributed by atoms with Gasteiger partial charge in [0.25, 0.3) is 5.91 Å². The number of halogens is 1. The van der Waals surface area contributed by atoms with Crippen LogP contribution < -0.4 is 0 Å². The minimum Gasteiger partial charge on any atom is -0.309 e. The number of amides is 1. The van der Waals surface area contributed by atoms with E-state index in [1.807, 2.05) is 19.9 Å². The van der Waals surface area contributed by atoms with Gasteiger partial charge < -0.3 is 4.90 Å². The highest BCUT2D eigenvalue weighted by Crippen LogP contribution is 2.39. The zero-order valence-electron chi connectivity index (χ0n) is 8.71. The Labute approximate surface area is 96.9 Å². The summed E-state index contributed by atoms with van der Waals surface area (Å²) in [5, 5.41) is 0. The monoisotopic (exact) mass is 269 g/mol. The van der Waals surface area contributed by atoms with E-state index in [0.29, 0.717) is 13.0 Å². The van der Waals surface area contributed by atoms with E-state index in [0.717, 1.165) is 15.8 Å². The standard InChI is InChI=1S/C11H12BrNO2/c1-3-13-9-6(2)8(12)5-4-7(9)10(14)11(13)15/h5,7H,3-4H2,1-2H3. The number of hydrogen-bond acceptors (Lipinski definition) is 2. The summed E-state index contributed by atoms with van der Waals surface area (Å²) < 4.78 is 0.995. The Bertz CT molecular complexity index is 403. The van der Waals surface area contributed by atoms with Gasteiger partial charge in [0.2, 0.25) is 5.78 Å². The lowest BCUT2D eigenvalue weighted by atomic mass is 9.92. The van der Waals surface area contributed by atoms with Crippen LogP contribution in [-0.4, -0.2) is 23.1 Å². The van der Waals surface area contributed by atoms with E-state index >= 15 is 0 Å². The number of allylic oxidation sites excluding steroid dienone is 4. The second kappa shape index (κ2) is 3.59. The second-order valence-corrected chi connectivity index (χ2v) is 4.62. The van der Waals surface area contributed by atoms with Gasteiger partial charge in [-0.3, -0.25) is 9.59 Å². The highest BCUT2D eigenvalue weighted by molar-refractivity contribution is 9.12. The van der Waals surface area contributed by atoms with Gasteiger partial charge in [0.15, 0.2) is 0 Å². The van der Waals surface area contributed by atoms with Gasteiger partial charge in [0, 0.05) is 16.7 Å². The third-order valence-electron chi connectivity index (χ3n) is 2.98. The Morgan fingerprint density at radius 2 is 2.20 bits per heavy atom. The molecule has 1 unspecified atom stereocenters. The molecule has 0 saturated carbocycles. The van der Waals surface area contributed by atoms with Crippen LogP contribution in [0.4, 0.5) is 0 Å². The van der Waals surface area contributed by atoms with Crippen molar-refractivity contribution in [3.63, 3.8) is 0 Å². The molecule has 1 heterocycles. The van der Waals surface area contributed by atoms with Gasteiger partial charge in [0.05, 0.1) is 5.92 Å². The van der Waals surface area contributed by atoms with Crippen molar-refractivity contribution in [3.05, 3.63) is 21.8 Å². The molecule has 0 radical (unpaired) electrons. The molecule has 0 bridgehead atoms. The quantitative estimate of drug-likeness (QED) is 0.683. The van der Waals surface area contributed by atoms with Crippen molar-refractivity contribution < 1.29 is 9.59 Å². The molecule has 2 rings (SSSR count). The molecule has 1 saturated heterocycles. The second-order valence-electron chi connectivity index (χ2n) is 3.76. The van der Waals surface area contributed by atoms with Crippen molar-refractivity contribution in [1.29, 1.82) is 0 Å². The van der Waals surface area contributed by atoms with Crippen molar-refractivity contribution >= 4 is 27.6 Å². The molecule has 0 aromatic carbocycles. The number of ketones is 1. The number of hydrogen-bond donors (Lipinski definition) is 0. The minimum atomic E-state index is -0.354. The van der Waals surface area contributed by atoms with E-state index in [4.69, 9.17) is 0 Å². The SMILES string of the molecule is CCN1C(=O)C(=O)C2CC=C(Br)C(C)=C21. The predicted molar refractivity (Wildman–Crippen MR) is 60.2 cm³/mol. The molecule has 4 heteroatoms. The number of Topliss-reactive ketones (excluding diaryl/α,β-unsaturated/α-hetero) is 1. The molecule has 0 aromatic rings. The zero-order valence-corrected chi connectivity index (χ0v) is 10.3. The maximum atomic E-state index is 11.7. The van der Waals surface area contributed by atoms with Gasteiger partial charge in [0.1, 0.15) is 0 Å².